The van der Waals surface area contributed by atoms with Gasteiger partial charge in [-0.05, 0) is 18.8 Å². The average molecular weight is 170 g/mol. The first-order valence-electron chi connectivity index (χ1n) is 4.80. The third-order valence-electron chi connectivity index (χ3n) is 2.47. The molecule has 1 heterocycles. The average Bonchev–Trinajstić information content (AvgIpc) is 2.51. The van der Waals surface area contributed by atoms with Gasteiger partial charge in [-0.3, -0.25) is 4.79 Å². The Hall–Kier alpha value is -0.370. The molecule has 1 rings (SSSR count). The van der Waals surface area contributed by atoms with Crippen LogP contribution < -0.4 is 0 Å². The van der Waals surface area contributed by atoms with E-state index in [1.165, 1.54) is 0 Å². The lowest BCUT2D eigenvalue weighted by molar-refractivity contribution is -0.122. The van der Waals surface area contributed by atoms with E-state index in [0.717, 1.165) is 32.5 Å². The lowest BCUT2D eigenvalue weighted by atomic mass is 9.97. The molecule has 0 aliphatic carbocycles. The molecule has 1 unspecified atom stereocenters. The summed E-state index contributed by atoms with van der Waals surface area (Å²) in [7, 11) is 0. The van der Waals surface area contributed by atoms with Gasteiger partial charge >= 0.3 is 0 Å². The number of ketones is 1. The normalized spacial score (nSPS) is 23.4. The van der Waals surface area contributed by atoms with Gasteiger partial charge in [-0.15, -0.1) is 0 Å². The number of Topliss-reactive ketones (excluding diaryl/α,β-unsaturated/α-hetero) is 1. The minimum Gasteiger partial charge on any atom is -0.381 e. The van der Waals surface area contributed by atoms with E-state index in [9.17, 15) is 4.79 Å². The van der Waals surface area contributed by atoms with Crippen molar-refractivity contribution >= 4 is 5.78 Å². The van der Waals surface area contributed by atoms with Gasteiger partial charge in [0.2, 0.25) is 0 Å². The molecule has 0 N–H and O–H groups in total. The van der Waals surface area contributed by atoms with Crippen molar-refractivity contribution < 1.29 is 9.53 Å². The first-order valence-corrected chi connectivity index (χ1v) is 4.80. The Labute approximate surface area is 74.3 Å². The highest BCUT2D eigenvalue weighted by atomic mass is 16.5. The van der Waals surface area contributed by atoms with Crippen LogP contribution in [0.2, 0.25) is 0 Å². The molecular formula is C10H18O2. The molecule has 1 fully saturated rings. The SMILES string of the molecule is CC(C)C(=O)CCC1CCOC1. The Kier molecular flexibility index (Phi) is 3.73. The predicted octanol–water partition coefficient (Wildman–Crippen LogP) is 2.03. The Morgan fingerprint density at radius 2 is 2.33 bits per heavy atom. The van der Waals surface area contributed by atoms with Crippen molar-refractivity contribution in [1.29, 1.82) is 0 Å². The molecule has 0 bridgehead atoms. The summed E-state index contributed by atoms with van der Waals surface area (Å²) in [5, 5.41) is 0. The standard InChI is InChI=1S/C10H18O2/c1-8(2)10(11)4-3-9-5-6-12-7-9/h8-9H,3-7H2,1-2H3. The smallest absolute Gasteiger partial charge is 0.135 e. The molecule has 2 nitrogen and oxygen atoms in total. The van der Waals surface area contributed by atoms with Gasteiger partial charge < -0.3 is 4.74 Å². The van der Waals surface area contributed by atoms with E-state index in [1.807, 2.05) is 13.8 Å². The summed E-state index contributed by atoms with van der Waals surface area (Å²) in [4.78, 5) is 11.3. The van der Waals surface area contributed by atoms with E-state index in [0.29, 0.717) is 11.7 Å². The fraction of sp³-hybridized carbons (Fsp3) is 0.900. The van der Waals surface area contributed by atoms with E-state index in [-0.39, 0.29) is 5.92 Å². The Balaban J connectivity index is 2.12. The summed E-state index contributed by atoms with van der Waals surface area (Å²) in [6.45, 7) is 5.69. The summed E-state index contributed by atoms with van der Waals surface area (Å²) in [6, 6.07) is 0. The van der Waals surface area contributed by atoms with Crippen molar-refractivity contribution in [3.8, 4) is 0 Å². The number of hydrogen-bond donors (Lipinski definition) is 0. The van der Waals surface area contributed by atoms with Crippen molar-refractivity contribution in [3.63, 3.8) is 0 Å². The molecule has 12 heavy (non-hydrogen) atoms. The Morgan fingerprint density at radius 3 is 2.83 bits per heavy atom. The molecule has 2 heteroatoms. The van der Waals surface area contributed by atoms with Crippen LogP contribution in [0, 0.1) is 11.8 Å². The maximum Gasteiger partial charge on any atom is 0.135 e. The van der Waals surface area contributed by atoms with Crippen molar-refractivity contribution in [2.24, 2.45) is 11.8 Å². The van der Waals surface area contributed by atoms with E-state index < -0.39 is 0 Å². The summed E-state index contributed by atoms with van der Waals surface area (Å²) in [5.74, 6) is 1.24. The van der Waals surface area contributed by atoms with Crippen molar-refractivity contribution in [1.82, 2.24) is 0 Å². The second-order valence-corrected chi connectivity index (χ2v) is 3.89. The zero-order valence-electron chi connectivity index (χ0n) is 8.01. The van der Waals surface area contributed by atoms with Gasteiger partial charge in [-0.25, -0.2) is 0 Å². The van der Waals surface area contributed by atoms with Crippen LogP contribution >= 0.6 is 0 Å². The van der Waals surface area contributed by atoms with Crippen molar-refractivity contribution in [2.75, 3.05) is 13.2 Å². The van der Waals surface area contributed by atoms with Gasteiger partial charge in [0.25, 0.3) is 0 Å². The van der Waals surface area contributed by atoms with E-state index in [1.54, 1.807) is 0 Å². The van der Waals surface area contributed by atoms with Crippen LogP contribution in [0.25, 0.3) is 0 Å². The molecule has 0 aromatic rings. The van der Waals surface area contributed by atoms with Gasteiger partial charge in [0.15, 0.2) is 0 Å². The molecule has 0 aromatic heterocycles. The molecule has 0 amide bonds. The maximum atomic E-state index is 11.3. The summed E-state index contributed by atoms with van der Waals surface area (Å²) in [5.41, 5.74) is 0. The lowest BCUT2D eigenvalue weighted by Crippen LogP contribution is -2.09. The Morgan fingerprint density at radius 1 is 1.58 bits per heavy atom. The zero-order valence-corrected chi connectivity index (χ0v) is 8.01. The van der Waals surface area contributed by atoms with Crippen molar-refractivity contribution in [2.45, 2.75) is 33.1 Å². The fourth-order valence-corrected chi connectivity index (χ4v) is 1.45. The number of ether oxygens (including phenoxy) is 1. The molecular weight excluding hydrogens is 152 g/mol. The largest absolute Gasteiger partial charge is 0.381 e. The van der Waals surface area contributed by atoms with Crippen LogP contribution in [0.5, 0.6) is 0 Å². The maximum absolute atomic E-state index is 11.3. The molecule has 1 aliphatic rings. The quantitative estimate of drug-likeness (QED) is 0.645. The second kappa shape index (κ2) is 4.61. The monoisotopic (exact) mass is 170 g/mol. The molecule has 0 radical (unpaired) electrons. The second-order valence-electron chi connectivity index (χ2n) is 3.89. The minimum atomic E-state index is 0.201. The minimum absolute atomic E-state index is 0.201. The van der Waals surface area contributed by atoms with Crippen LogP contribution in [-0.4, -0.2) is 19.0 Å². The van der Waals surface area contributed by atoms with Gasteiger partial charge in [-0.1, -0.05) is 13.8 Å². The van der Waals surface area contributed by atoms with E-state index in [2.05, 4.69) is 0 Å². The van der Waals surface area contributed by atoms with Crippen LogP contribution in [-0.2, 0) is 9.53 Å². The highest BCUT2D eigenvalue weighted by Crippen LogP contribution is 2.18. The number of hydrogen-bond acceptors (Lipinski definition) is 2. The zero-order chi connectivity index (χ0) is 8.97. The topological polar surface area (TPSA) is 26.3 Å². The molecule has 0 aromatic carbocycles. The molecule has 1 aliphatic heterocycles. The van der Waals surface area contributed by atoms with Crippen LogP contribution in [0.1, 0.15) is 33.1 Å². The first-order chi connectivity index (χ1) is 5.70. The first kappa shape index (κ1) is 9.72. The molecule has 1 saturated heterocycles. The van der Waals surface area contributed by atoms with Crippen LogP contribution in [0.15, 0.2) is 0 Å². The molecule has 70 valence electrons. The third kappa shape index (κ3) is 2.94. The van der Waals surface area contributed by atoms with Gasteiger partial charge in [0.1, 0.15) is 5.78 Å². The molecule has 0 saturated carbocycles. The lowest BCUT2D eigenvalue weighted by Gasteiger charge is -2.07. The van der Waals surface area contributed by atoms with Gasteiger partial charge in [0.05, 0.1) is 0 Å². The highest BCUT2D eigenvalue weighted by molar-refractivity contribution is 5.80. The van der Waals surface area contributed by atoms with Gasteiger partial charge in [-0.2, -0.15) is 0 Å². The van der Waals surface area contributed by atoms with Gasteiger partial charge in [0, 0.05) is 25.6 Å². The van der Waals surface area contributed by atoms with E-state index in [4.69, 9.17) is 4.74 Å². The summed E-state index contributed by atoms with van der Waals surface area (Å²) in [6.07, 6.45) is 2.91. The number of rotatable bonds is 4. The molecule has 1 atom stereocenters. The highest BCUT2D eigenvalue weighted by Gasteiger charge is 2.17. The van der Waals surface area contributed by atoms with Crippen molar-refractivity contribution in [3.05, 3.63) is 0 Å². The predicted molar refractivity (Wildman–Crippen MR) is 48.0 cm³/mol. The third-order valence-corrected chi connectivity index (χ3v) is 2.47. The summed E-state index contributed by atoms with van der Waals surface area (Å²) >= 11 is 0. The molecule has 0 spiro atoms. The Bertz CT molecular complexity index is 146. The van der Waals surface area contributed by atoms with Crippen LogP contribution in [0.4, 0.5) is 0 Å². The van der Waals surface area contributed by atoms with Crippen LogP contribution in [0.3, 0.4) is 0 Å². The summed E-state index contributed by atoms with van der Waals surface area (Å²) < 4.78 is 5.24. The fourth-order valence-electron chi connectivity index (χ4n) is 1.45. The number of carbonyl (C=O) groups excluding carboxylic acids is 1. The number of carbonyl (C=O) groups is 1. The van der Waals surface area contributed by atoms with E-state index >= 15 is 0 Å².